The van der Waals surface area contributed by atoms with E-state index in [0.29, 0.717) is 18.0 Å². The summed E-state index contributed by atoms with van der Waals surface area (Å²) in [5.41, 5.74) is 12.9. The van der Waals surface area contributed by atoms with Crippen molar-refractivity contribution in [2.24, 2.45) is 21.9 Å². The van der Waals surface area contributed by atoms with E-state index in [4.69, 9.17) is 16.2 Å². The average molecular weight is 589 g/mol. The number of aliphatic imine (C=N–C) groups is 1. The zero-order chi connectivity index (χ0) is 30.0. The van der Waals surface area contributed by atoms with Gasteiger partial charge in [-0.25, -0.2) is 0 Å². The van der Waals surface area contributed by atoms with Crippen molar-refractivity contribution in [2.75, 3.05) is 37.9 Å². The summed E-state index contributed by atoms with van der Waals surface area (Å²) in [5, 5.41) is 12.3. The van der Waals surface area contributed by atoms with Gasteiger partial charge < -0.3 is 26.2 Å². The van der Waals surface area contributed by atoms with Crippen molar-refractivity contribution in [2.45, 2.75) is 88.6 Å². The number of guanidine groups is 1. The molecule has 3 rings (SSSR count). The molecular weight excluding hydrogens is 536 g/mol. The monoisotopic (exact) mass is 588 g/mol. The van der Waals surface area contributed by atoms with Crippen LogP contribution in [0.2, 0.25) is 0 Å². The molecule has 2 aromatic rings. The van der Waals surface area contributed by atoms with Gasteiger partial charge in [-0.05, 0) is 73.6 Å². The molecule has 1 aliphatic rings. The molecule has 0 fully saturated rings. The average Bonchev–Trinajstić information content (AvgIpc) is 3.01. The molecule has 1 heterocycles. The van der Waals surface area contributed by atoms with Gasteiger partial charge in [-0.2, -0.15) is 10.6 Å². The van der Waals surface area contributed by atoms with Gasteiger partial charge in [0.15, 0.2) is 5.96 Å². The van der Waals surface area contributed by atoms with Gasteiger partial charge in [0.05, 0.1) is 23.4 Å². The number of nitrogens with zero attached hydrogens (tertiary/aromatic N) is 2. The predicted octanol–water partition coefficient (Wildman–Crippen LogP) is 6.56. The number of hydrogen-bond donors (Lipinski definition) is 5. The van der Waals surface area contributed by atoms with Crippen molar-refractivity contribution in [1.82, 2.24) is 0 Å². The number of aliphatic hydroxyl groups excluding tert-OH is 1. The summed E-state index contributed by atoms with van der Waals surface area (Å²) in [6.07, 6.45) is 7.38. The fourth-order valence-corrected chi connectivity index (χ4v) is 8.25. The van der Waals surface area contributed by atoms with Crippen LogP contribution in [0.4, 0.5) is 5.69 Å². The molecule has 9 heteroatoms. The molecule has 0 amide bonds. The molecule has 0 saturated carbocycles. The second-order valence-corrected chi connectivity index (χ2v) is 13.8. The zero-order valence-corrected chi connectivity index (χ0v) is 26.2. The predicted molar refractivity (Wildman–Crippen MR) is 173 cm³/mol. The summed E-state index contributed by atoms with van der Waals surface area (Å²) in [4.78, 5) is 6.58. The van der Waals surface area contributed by atoms with Crippen LogP contribution in [0, 0.1) is 5.41 Å². The summed E-state index contributed by atoms with van der Waals surface area (Å²) in [6, 6.07) is 13.8. The standard InChI is InChI=1S/C32H52N4O4S/c1-5-7-18-32(19-8-6-2)23-41(38,39)28-17-14-25(36(3)4)22-27(28)29(30(32)37)24-12-15-26(16-13-24)40-21-11-9-10-20-35-31(33)34/h12-17,22,29-30,37-39H,5-11,18-21,23H2,1-4H3,(H4,33,34,35). The van der Waals surface area contributed by atoms with E-state index in [0.717, 1.165) is 80.4 Å². The Labute approximate surface area is 248 Å². The van der Waals surface area contributed by atoms with Crippen LogP contribution in [0.25, 0.3) is 0 Å². The Morgan fingerprint density at radius 2 is 1.63 bits per heavy atom. The molecule has 7 N–H and O–H groups in total. The highest BCUT2D eigenvalue weighted by molar-refractivity contribution is 8.24. The number of unbranched alkanes of at least 4 members (excludes halogenated alkanes) is 4. The Bertz CT molecular complexity index is 1110. The third kappa shape index (κ3) is 8.53. The van der Waals surface area contributed by atoms with Crippen LogP contribution in [-0.4, -0.2) is 59.3 Å². The van der Waals surface area contributed by atoms with Gasteiger partial charge >= 0.3 is 0 Å². The molecule has 0 bridgehead atoms. The van der Waals surface area contributed by atoms with E-state index in [1.807, 2.05) is 61.5 Å². The topological polar surface area (TPSA) is 138 Å². The largest absolute Gasteiger partial charge is 0.494 e. The SMILES string of the molecule is CCCCC1(CCCC)CS(O)(O)c2ccc(N(C)C)cc2C(c2ccc(OCCCCCN=C(N)N)cc2)C1O. The van der Waals surface area contributed by atoms with Gasteiger partial charge in [0, 0.05) is 37.7 Å². The molecule has 0 saturated heterocycles. The Balaban J connectivity index is 1.95. The number of benzene rings is 2. The molecule has 230 valence electrons. The van der Waals surface area contributed by atoms with Crippen LogP contribution < -0.4 is 21.1 Å². The van der Waals surface area contributed by atoms with E-state index in [9.17, 15) is 14.2 Å². The van der Waals surface area contributed by atoms with E-state index >= 15 is 0 Å². The first-order valence-electron chi connectivity index (χ1n) is 15.1. The van der Waals surface area contributed by atoms with Gasteiger partial charge in [0.1, 0.15) is 5.75 Å². The first kappa shape index (κ1) is 33.0. The maximum absolute atomic E-state index is 12.3. The van der Waals surface area contributed by atoms with Crippen LogP contribution in [0.3, 0.4) is 0 Å². The quantitative estimate of drug-likeness (QED) is 0.0903. The third-order valence-corrected chi connectivity index (χ3v) is 10.3. The fraction of sp³-hybridized carbons (Fsp3) is 0.594. The second kappa shape index (κ2) is 15.1. The van der Waals surface area contributed by atoms with Crippen molar-refractivity contribution >= 4 is 22.2 Å². The first-order valence-corrected chi connectivity index (χ1v) is 16.8. The number of ether oxygens (including phenoxy) is 1. The molecular formula is C32H52N4O4S. The molecule has 2 unspecified atom stereocenters. The molecule has 0 aromatic heterocycles. The number of rotatable bonds is 15. The lowest BCUT2D eigenvalue weighted by atomic mass is 9.68. The van der Waals surface area contributed by atoms with Gasteiger partial charge in [0.2, 0.25) is 0 Å². The van der Waals surface area contributed by atoms with Gasteiger partial charge in [-0.15, -0.1) is 0 Å². The molecule has 2 aromatic carbocycles. The molecule has 0 radical (unpaired) electrons. The van der Waals surface area contributed by atoms with Crippen LogP contribution in [-0.2, 0) is 0 Å². The zero-order valence-electron chi connectivity index (χ0n) is 25.4. The number of anilines is 1. The maximum Gasteiger partial charge on any atom is 0.185 e. The minimum Gasteiger partial charge on any atom is -0.494 e. The van der Waals surface area contributed by atoms with E-state index in [2.05, 4.69) is 18.8 Å². The van der Waals surface area contributed by atoms with Crippen LogP contribution in [0.15, 0.2) is 52.4 Å². The first-order chi connectivity index (χ1) is 19.5. The molecule has 41 heavy (non-hydrogen) atoms. The summed E-state index contributed by atoms with van der Waals surface area (Å²) < 4.78 is 29.3. The molecule has 8 nitrogen and oxygen atoms in total. The van der Waals surface area contributed by atoms with E-state index < -0.39 is 28.0 Å². The number of nitrogens with two attached hydrogens (primary N) is 2. The smallest absolute Gasteiger partial charge is 0.185 e. The molecule has 2 atom stereocenters. The van der Waals surface area contributed by atoms with Crippen molar-refractivity contribution < 1.29 is 18.9 Å². The summed E-state index contributed by atoms with van der Waals surface area (Å²) in [7, 11) is 0.825. The Morgan fingerprint density at radius 3 is 2.22 bits per heavy atom. The molecule has 0 aliphatic carbocycles. The Kier molecular flexibility index (Phi) is 12.2. The number of aliphatic hydroxyl groups is 1. The minimum atomic E-state index is -3.12. The van der Waals surface area contributed by atoms with E-state index in [1.165, 1.54) is 0 Å². The highest BCUT2D eigenvalue weighted by atomic mass is 32.3. The van der Waals surface area contributed by atoms with Crippen molar-refractivity contribution in [3.8, 4) is 5.75 Å². The number of hydrogen-bond acceptors (Lipinski definition) is 6. The van der Waals surface area contributed by atoms with Crippen molar-refractivity contribution in [1.29, 1.82) is 0 Å². The van der Waals surface area contributed by atoms with Gasteiger partial charge in [-0.1, -0.05) is 51.7 Å². The lowest BCUT2D eigenvalue weighted by molar-refractivity contribution is 0.0119. The van der Waals surface area contributed by atoms with Crippen LogP contribution in [0.1, 0.15) is 88.7 Å². The lowest BCUT2D eigenvalue weighted by Gasteiger charge is -2.44. The normalized spacial score (nSPS) is 20.0. The molecule has 1 aliphatic heterocycles. The third-order valence-electron chi connectivity index (χ3n) is 8.29. The van der Waals surface area contributed by atoms with Gasteiger partial charge in [0.25, 0.3) is 0 Å². The summed E-state index contributed by atoms with van der Waals surface area (Å²) >= 11 is 0. The van der Waals surface area contributed by atoms with Crippen molar-refractivity contribution in [3.05, 3.63) is 53.6 Å². The maximum atomic E-state index is 12.3. The highest BCUT2D eigenvalue weighted by Gasteiger charge is 2.49. The fourth-order valence-electron chi connectivity index (χ4n) is 5.99. The summed E-state index contributed by atoms with van der Waals surface area (Å²) in [6.45, 7) is 5.51. The number of fused-ring (bicyclic) bond motifs is 1. The van der Waals surface area contributed by atoms with E-state index in [-0.39, 0.29) is 11.7 Å². The lowest BCUT2D eigenvalue weighted by Crippen LogP contribution is -2.42. The van der Waals surface area contributed by atoms with Crippen LogP contribution >= 0.6 is 10.6 Å². The highest BCUT2D eigenvalue weighted by Crippen LogP contribution is 2.62. The van der Waals surface area contributed by atoms with Crippen LogP contribution in [0.5, 0.6) is 5.75 Å². The van der Waals surface area contributed by atoms with E-state index in [1.54, 1.807) is 0 Å². The summed E-state index contributed by atoms with van der Waals surface area (Å²) in [5.74, 6) is 0.697. The second-order valence-electron chi connectivity index (χ2n) is 11.7. The van der Waals surface area contributed by atoms with Crippen molar-refractivity contribution in [3.63, 3.8) is 0 Å². The van der Waals surface area contributed by atoms with Gasteiger partial charge in [-0.3, -0.25) is 14.1 Å². The molecule has 0 spiro atoms. The Hall–Kier alpha value is -2.46. The minimum absolute atomic E-state index is 0.124. The Morgan fingerprint density at radius 1 is 0.976 bits per heavy atom.